The Morgan fingerprint density at radius 2 is 1.69 bits per heavy atom. The van der Waals surface area contributed by atoms with Gasteiger partial charge in [0.15, 0.2) is 0 Å². The Balaban J connectivity index is 2.13. The first-order chi connectivity index (χ1) is 12.2. The molecule has 1 amide bonds. The maximum absolute atomic E-state index is 12.5. The number of hydrogen-bond acceptors (Lipinski definition) is 3. The van der Waals surface area contributed by atoms with Crippen molar-refractivity contribution in [1.29, 1.82) is 0 Å². The molecule has 2 rings (SSSR count). The number of amides is 1. The van der Waals surface area contributed by atoms with E-state index in [1.54, 1.807) is 54.4 Å². The summed E-state index contributed by atoms with van der Waals surface area (Å²) in [6, 6.07) is 11.5. The highest BCUT2D eigenvalue weighted by molar-refractivity contribution is 7.92. The van der Waals surface area contributed by atoms with E-state index in [0.29, 0.717) is 17.8 Å². The summed E-state index contributed by atoms with van der Waals surface area (Å²) in [5.74, 6) is -0.0676. The molecule has 2 aromatic carbocycles. The van der Waals surface area contributed by atoms with Crippen LogP contribution in [0.1, 0.15) is 41.3 Å². The fourth-order valence-corrected chi connectivity index (χ4v) is 3.64. The first-order valence-corrected chi connectivity index (χ1v) is 10.2. The topological polar surface area (TPSA) is 66.5 Å². The van der Waals surface area contributed by atoms with Crippen molar-refractivity contribution in [2.75, 3.05) is 18.3 Å². The molecule has 0 bridgehead atoms. The number of nitrogens with zero attached hydrogens (tertiary/aromatic N) is 1. The Bertz CT molecular complexity index is 874. The summed E-state index contributed by atoms with van der Waals surface area (Å²) in [5, 5.41) is 0. The van der Waals surface area contributed by atoms with E-state index in [2.05, 4.69) is 11.6 Å². The molecule has 0 aliphatic rings. The molecular formula is C20H26N2O3S. The van der Waals surface area contributed by atoms with E-state index in [1.165, 1.54) is 0 Å². The predicted octanol–water partition coefficient (Wildman–Crippen LogP) is 3.98. The third kappa shape index (κ3) is 4.85. The van der Waals surface area contributed by atoms with Gasteiger partial charge in [-0.2, -0.15) is 0 Å². The minimum absolute atomic E-state index is 0.0676. The van der Waals surface area contributed by atoms with Crippen molar-refractivity contribution in [2.24, 2.45) is 0 Å². The lowest BCUT2D eigenvalue weighted by molar-refractivity contribution is 0.0793. The second-order valence-electron chi connectivity index (χ2n) is 6.51. The zero-order chi connectivity index (χ0) is 19.3. The molecule has 0 aliphatic carbocycles. The number of aryl methyl sites for hydroxylation is 2. The zero-order valence-electron chi connectivity index (χ0n) is 15.7. The molecule has 0 saturated heterocycles. The van der Waals surface area contributed by atoms with E-state index < -0.39 is 10.0 Å². The summed E-state index contributed by atoms with van der Waals surface area (Å²) in [7, 11) is -1.89. The molecule has 5 nitrogen and oxygen atoms in total. The van der Waals surface area contributed by atoms with Crippen LogP contribution in [-0.2, 0) is 10.0 Å². The summed E-state index contributed by atoms with van der Waals surface area (Å²) >= 11 is 0. The third-order valence-corrected chi connectivity index (χ3v) is 5.75. The smallest absolute Gasteiger partial charge is 0.261 e. The molecule has 1 N–H and O–H groups in total. The fraction of sp³-hybridized carbons (Fsp3) is 0.350. The Morgan fingerprint density at radius 1 is 1.04 bits per heavy atom. The quantitative estimate of drug-likeness (QED) is 0.797. The molecule has 6 heteroatoms. The van der Waals surface area contributed by atoms with E-state index in [9.17, 15) is 13.2 Å². The summed E-state index contributed by atoms with van der Waals surface area (Å²) < 4.78 is 27.6. The highest BCUT2D eigenvalue weighted by Gasteiger charge is 2.16. The number of nitrogens with one attached hydrogen (secondary N) is 1. The lowest BCUT2D eigenvalue weighted by atomic mass is 10.1. The Labute approximate surface area is 156 Å². The van der Waals surface area contributed by atoms with Crippen molar-refractivity contribution in [2.45, 2.75) is 38.5 Å². The van der Waals surface area contributed by atoms with Gasteiger partial charge in [0.2, 0.25) is 0 Å². The van der Waals surface area contributed by atoms with Gasteiger partial charge in [0, 0.05) is 24.8 Å². The first-order valence-electron chi connectivity index (χ1n) is 8.70. The standard InChI is InChI=1S/C20H26N2O3S/c1-5-6-13-22(4)20(23)17-8-10-18(11-9-17)21-26(24,25)19-12-7-15(2)16(3)14-19/h7-12,14,21H,5-6,13H2,1-4H3. The number of rotatable bonds is 7. The molecule has 0 heterocycles. The molecule has 0 atom stereocenters. The molecule has 0 spiro atoms. The first kappa shape index (κ1) is 20.0. The van der Waals surface area contributed by atoms with Crippen molar-refractivity contribution in [3.05, 3.63) is 59.2 Å². The SMILES string of the molecule is CCCCN(C)C(=O)c1ccc(NS(=O)(=O)c2ccc(C)c(C)c2)cc1. The minimum Gasteiger partial charge on any atom is -0.342 e. The highest BCUT2D eigenvalue weighted by atomic mass is 32.2. The van der Waals surface area contributed by atoms with Gasteiger partial charge in [-0.15, -0.1) is 0 Å². The number of anilines is 1. The van der Waals surface area contributed by atoms with Crippen LogP contribution in [0.3, 0.4) is 0 Å². The van der Waals surface area contributed by atoms with Crippen LogP contribution in [0.2, 0.25) is 0 Å². The minimum atomic E-state index is -3.66. The van der Waals surface area contributed by atoms with Gasteiger partial charge in [0.25, 0.3) is 15.9 Å². The van der Waals surface area contributed by atoms with Crippen molar-refractivity contribution in [1.82, 2.24) is 4.90 Å². The number of carbonyl (C=O) groups is 1. The summed E-state index contributed by atoms with van der Waals surface area (Å²) in [6.45, 7) is 6.60. The highest BCUT2D eigenvalue weighted by Crippen LogP contribution is 2.19. The molecule has 0 aromatic heterocycles. The number of benzene rings is 2. The van der Waals surface area contributed by atoms with Gasteiger partial charge in [-0.05, 0) is 67.8 Å². The molecule has 0 unspecified atom stereocenters. The second-order valence-corrected chi connectivity index (χ2v) is 8.19. The van der Waals surface area contributed by atoms with Gasteiger partial charge in [0.1, 0.15) is 0 Å². The van der Waals surface area contributed by atoms with Gasteiger partial charge < -0.3 is 4.90 Å². The van der Waals surface area contributed by atoms with Crippen LogP contribution < -0.4 is 4.72 Å². The second kappa shape index (κ2) is 8.36. The van der Waals surface area contributed by atoms with Crippen LogP contribution in [0.25, 0.3) is 0 Å². The predicted molar refractivity (Wildman–Crippen MR) is 105 cm³/mol. The summed E-state index contributed by atoms with van der Waals surface area (Å²) in [4.78, 5) is 14.2. The summed E-state index contributed by atoms with van der Waals surface area (Å²) in [6.07, 6.45) is 1.98. The molecule has 140 valence electrons. The Morgan fingerprint density at radius 3 is 2.27 bits per heavy atom. The molecule has 0 saturated carbocycles. The van der Waals surface area contributed by atoms with Crippen molar-refractivity contribution in [3.8, 4) is 0 Å². The average Bonchev–Trinajstić information content (AvgIpc) is 2.61. The lowest BCUT2D eigenvalue weighted by Gasteiger charge is -2.17. The van der Waals surface area contributed by atoms with E-state index in [4.69, 9.17) is 0 Å². The largest absolute Gasteiger partial charge is 0.342 e. The molecule has 0 radical (unpaired) electrons. The van der Waals surface area contributed by atoms with Crippen molar-refractivity contribution >= 4 is 21.6 Å². The molecular weight excluding hydrogens is 348 g/mol. The average molecular weight is 375 g/mol. The van der Waals surface area contributed by atoms with E-state index >= 15 is 0 Å². The van der Waals surface area contributed by atoms with Crippen LogP contribution >= 0.6 is 0 Å². The zero-order valence-corrected chi connectivity index (χ0v) is 16.6. The Kier molecular flexibility index (Phi) is 6.42. The number of unbranched alkanes of at least 4 members (excludes halogenated alkanes) is 1. The molecule has 26 heavy (non-hydrogen) atoms. The van der Waals surface area contributed by atoms with Crippen LogP contribution in [0.4, 0.5) is 5.69 Å². The van der Waals surface area contributed by atoms with Crippen LogP contribution in [0.15, 0.2) is 47.4 Å². The van der Waals surface area contributed by atoms with Gasteiger partial charge in [-0.25, -0.2) is 8.42 Å². The van der Waals surface area contributed by atoms with E-state index in [1.807, 2.05) is 13.8 Å². The molecule has 2 aromatic rings. The van der Waals surface area contributed by atoms with Crippen molar-refractivity contribution < 1.29 is 13.2 Å². The van der Waals surface area contributed by atoms with Gasteiger partial charge in [-0.3, -0.25) is 9.52 Å². The van der Waals surface area contributed by atoms with Gasteiger partial charge >= 0.3 is 0 Å². The van der Waals surface area contributed by atoms with Gasteiger partial charge in [-0.1, -0.05) is 19.4 Å². The molecule has 0 fully saturated rings. The third-order valence-electron chi connectivity index (χ3n) is 4.37. The number of sulfonamides is 1. The molecule has 0 aliphatic heterocycles. The maximum atomic E-state index is 12.5. The fourth-order valence-electron chi connectivity index (χ4n) is 2.49. The number of carbonyl (C=O) groups excluding carboxylic acids is 1. The monoisotopic (exact) mass is 374 g/mol. The number of hydrogen-bond donors (Lipinski definition) is 1. The van der Waals surface area contributed by atoms with E-state index in [-0.39, 0.29) is 10.8 Å². The Hall–Kier alpha value is -2.34. The van der Waals surface area contributed by atoms with Gasteiger partial charge in [0.05, 0.1) is 4.90 Å². The lowest BCUT2D eigenvalue weighted by Crippen LogP contribution is -2.27. The van der Waals surface area contributed by atoms with Crippen LogP contribution in [-0.4, -0.2) is 32.8 Å². The summed E-state index contributed by atoms with van der Waals surface area (Å²) in [5.41, 5.74) is 2.93. The van der Waals surface area contributed by atoms with Crippen LogP contribution in [0, 0.1) is 13.8 Å². The normalized spacial score (nSPS) is 11.2. The van der Waals surface area contributed by atoms with E-state index in [0.717, 1.165) is 24.0 Å². The van der Waals surface area contributed by atoms with Crippen molar-refractivity contribution in [3.63, 3.8) is 0 Å². The van der Waals surface area contributed by atoms with Crippen LogP contribution in [0.5, 0.6) is 0 Å². The maximum Gasteiger partial charge on any atom is 0.261 e.